The molecule has 0 saturated heterocycles. The van der Waals surface area contributed by atoms with Crippen molar-refractivity contribution in [3.05, 3.63) is 149 Å². The van der Waals surface area contributed by atoms with Crippen LogP contribution in [0.2, 0.25) is 0 Å². The summed E-state index contributed by atoms with van der Waals surface area (Å²) in [6.07, 6.45) is 4.30. The van der Waals surface area contributed by atoms with Crippen molar-refractivity contribution >= 4 is 45.4 Å². The Kier molecular flexibility index (Phi) is 7.31. The third-order valence-electron chi connectivity index (χ3n) is 8.38. The second-order valence-electron chi connectivity index (χ2n) is 11.3. The van der Waals surface area contributed by atoms with E-state index < -0.39 is 6.23 Å². The highest BCUT2D eigenvalue weighted by molar-refractivity contribution is 6.24. The summed E-state index contributed by atoms with van der Waals surface area (Å²) < 4.78 is 6.25. The molecule has 2 aliphatic heterocycles. The van der Waals surface area contributed by atoms with E-state index in [1.54, 1.807) is 0 Å². The number of ether oxygens (including phenoxy) is 1. The van der Waals surface area contributed by atoms with E-state index in [9.17, 15) is 0 Å². The van der Waals surface area contributed by atoms with Gasteiger partial charge in [-0.05, 0) is 58.5 Å². The molecule has 0 aliphatic carbocycles. The number of nitrogen functional groups attached to an aromatic ring is 1. The number of benzene rings is 5. The van der Waals surface area contributed by atoms with Gasteiger partial charge in [0.2, 0.25) is 12.1 Å². The van der Waals surface area contributed by atoms with Crippen molar-refractivity contribution < 1.29 is 4.74 Å². The fourth-order valence-electron chi connectivity index (χ4n) is 6.04. The van der Waals surface area contributed by atoms with Gasteiger partial charge in [0.15, 0.2) is 0 Å². The summed E-state index contributed by atoms with van der Waals surface area (Å²) in [6.45, 7) is 8.35. The summed E-state index contributed by atoms with van der Waals surface area (Å²) in [5.74, 6) is 0.492. The van der Waals surface area contributed by atoms with Crippen LogP contribution in [0.5, 0.6) is 0 Å². The number of aryl methyl sites for hydroxylation is 1. The Morgan fingerprint density at radius 2 is 1.60 bits per heavy atom. The van der Waals surface area contributed by atoms with E-state index in [0.29, 0.717) is 18.0 Å². The third kappa shape index (κ3) is 5.31. The molecule has 220 valence electrons. The number of allylic oxidation sites excluding steroid dienone is 1. The van der Waals surface area contributed by atoms with E-state index in [0.717, 1.165) is 61.5 Å². The van der Waals surface area contributed by atoms with E-state index in [2.05, 4.69) is 113 Å². The maximum Gasteiger partial charge on any atom is 0.240 e. The number of hydrogen-bond donors (Lipinski definition) is 2. The summed E-state index contributed by atoms with van der Waals surface area (Å²) in [5.41, 5.74) is 21.3. The Hall–Kier alpha value is -5.75. The van der Waals surface area contributed by atoms with E-state index >= 15 is 0 Å². The average Bonchev–Trinajstić information content (AvgIpc) is 3.76. The molecular weight excluding hydrogens is 554 g/mol. The van der Waals surface area contributed by atoms with Crippen LogP contribution in [0.4, 0.5) is 5.69 Å². The topological polar surface area (TPSA) is 84.4 Å². The monoisotopic (exact) mass is 587 g/mol. The molecule has 6 nitrogen and oxygen atoms in total. The molecule has 0 amide bonds. The maximum atomic E-state index is 6.61. The van der Waals surface area contributed by atoms with E-state index in [1.807, 2.05) is 43.3 Å². The van der Waals surface area contributed by atoms with Gasteiger partial charge >= 0.3 is 0 Å². The number of hydrazone groups is 1. The zero-order chi connectivity index (χ0) is 30.9. The molecule has 5 aromatic carbocycles. The highest BCUT2D eigenvalue weighted by Gasteiger charge is 2.26. The van der Waals surface area contributed by atoms with Crippen LogP contribution in [-0.4, -0.2) is 17.3 Å². The number of nitrogens with zero attached hydrogens (tertiary/aromatic N) is 3. The summed E-state index contributed by atoms with van der Waals surface area (Å²) >= 11 is 0. The van der Waals surface area contributed by atoms with Crippen LogP contribution < -0.4 is 11.2 Å². The van der Waals surface area contributed by atoms with Gasteiger partial charge in [0.1, 0.15) is 0 Å². The zero-order valence-electron chi connectivity index (χ0n) is 25.3. The summed E-state index contributed by atoms with van der Waals surface area (Å²) in [6, 6.07) is 35.2. The fraction of sp³-hybridized carbons (Fsp3) is 0.103. The predicted molar refractivity (Wildman–Crippen MR) is 187 cm³/mol. The van der Waals surface area contributed by atoms with Gasteiger partial charge in [-0.1, -0.05) is 116 Å². The van der Waals surface area contributed by atoms with Crippen molar-refractivity contribution in [1.82, 2.24) is 5.43 Å². The van der Waals surface area contributed by atoms with Crippen LogP contribution in [0.1, 0.15) is 53.0 Å². The highest BCUT2D eigenvalue weighted by Crippen LogP contribution is 2.33. The van der Waals surface area contributed by atoms with Gasteiger partial charge in [-0.15, -0.1) is 5.10 Å². The highest BCUT2D eigenvalue weighted by atomic mass is 16.5. The molecule has 2 heterocycles. The zero-order valence-corrected chi connectivity index (χ0v) is 25.3. The van der Waals surface area contributed by atoms with Crippen molar-refractivity contribution in [3.63, 3.8) is 0 Å². The number of rotatable bonds is 7. The van der Waals surface area contributed by atoms with Gasteiger partial charge in [-0.3, -0.25) is 5.43 Å². The van der Waals surface area contributed by atoms with Gasteiger partial charge < -0.3 is 10.5 Å². The van der Waals surface area contributed by atoms with Crippen LogP contribution in [0.25, 0.3) is 33.5 Å². The van der Waals surface area contributed by atoms with E-state index in [4.69, 9.17) is 10.5 Å². The van der Waals surface area contributed by atoms with Gasteiger partial charge in [0, 0.05) is 34.4 Å². The van der Waals surface area contributed by atoms with Crippen LogP contribution in [-0.2, 0) is 4.74 Å². The molecule has 1 atom stereocenters. The van der Waals surface area contributed by atoms with Gasteiger partial charge in [0.25, 0.3) is 0 Å². The van der Waals surface area contributed by atoms with Gasteiger partial charge in [-0.25, -0.2) is 0 Å². The number of nitrogens with two attached hydrogens (primary N) is 1. The minimum absolute atomic E-state index is 0.400. The van der Waals surface area contributed by atoms with Crippen molar-refractivity contribution in [1.29, 1.82) is 0 Å². The largest absolute Gasteiger partial charge is 0.446 e. The van der Waals surface area contributed by atoms with Crippen LogP contribution in [0.15, 0.2) is 131 Å². The predicted octanol–water partition coefficient (Wildman–Crippen LogP) is 8.67. The Balaban J connectivity index is 1.05. The minimum Gasteiger partial charge on any atom is -0.446 e. The quantitative estimate of drug-likeness (QED) is 0.187. The molecule has 5 aromatic rings. The van der Waals surface area contributed by atoms with Crippen LogP contribution in [0.3, 0.4) is 0 Å². The average molecular weight is 588 g/mol. The Bertz CT molecular complexity index is 2100. The van der Waals surface area contributed by atoms with Crippen molar-refractivity contribution in [2.45, 2.75) is 26.5 Å². The lowest BCUT2D eigenvalue weighted by molar-refractivity contribution is 0.192. The van der Waals surface area contributed by atoms with Crippen molar-refractivity contribution in [2.24, 2.45) is 15.3 Å². The molecule has 0 saturated carbocycles. The molecule has 0 fully saturated rings. The second kappa shape index (κ2) is 11.7. The first-order valence-corrected chi connectivity index (χ1v) is 15.0. The molecule has 0 radical (unpaired) electrons. The Labute approximate surface area is 263 Å². The normalized spacial score (nSPS) is 15.9. The number of nitrogens with one attached hydrogen (secondary N) is 1. The first-order chi connectivity index (χ1) is 22.0. The summed E-state index contributed by atoms with van der Waals surface area (Å²) in [7, 11) is 0. The lowest BCUT2D eigenvalue weighted by atomic mass is 9.94. The maximum absolute atomic E-state index is 6.61. The second-order valence-corrected chi connectivity index (χ2v) is 11.3. The first kappa shape index (κ1) is 28.0. The molecule has 3 N–H and O–H groups in total. The molecular formula is C39H33N5O. The lowest BCUT2D eigenvalue weighted by Gasteiger charge is -2.16. The van der Waals surface area contributed by atoms with Gasteiger partial charge in [0.05, 0.1) is 11.4 Å². The lowest BCUT2D eigenvalue weighted by Crippen LogP contribution is -2.14. The van der Waals surface area contributed by atoms with Gasteiger partial charge in [-0.2, -0.15) is 10.2 Å². The molecule has 0 aromatic heterocycles. The fourth-order valence-corrected chi connectivity index (χ4v) is 6.04. The number of anilines is 1. The molecule has 6 heteroatoms. The molecule has 0 spiro atoms. The molecule has 45 heavy (non-hydrogen) atoms. The smallest absolute Gasteiger partial charge is 0.240 e. The van der Waals surface area contributed by atoms with Crippen molar-refractivity contribution in [2.75, 3.05) is 5.73 Å². The van der Waals surface area contributed by atoms with Crippen molar-refractivity contribution in [3.8, 4) is 11.1 Å². The number of hydrogen-bond acceptors (Lipinski definition) is 6. The van der Waals surface area contributed by atoms with Crippen LogP contribution >= 0.6 is 0 Å². The standard InChI is InChI=1S/C39H33N5O/c1-4-10-26-11-5-7-14-31(26)25(3)38-43-44-39(45-38)30-19-17-28(21-24(30)2)29-18-20-34(35(40)22-29)37-23-36(41-42-37)33-16-9-13-27-12-6-8-15-32(27)33/h4-22,39,44H,3,23,40H2,1-2H3/b10-4-. The van der Waals surface area contributed by atoms with E-state index in [-0.39, 0.29) is 0 Å². The molecule has 2 aliphatic rings. The molecule has 7 rings (SSSR count). The van der Waals surface area contributed by atoms with Crippen LogP contribution in [0, 0.1) is 6.92 Å². The molecule has 0 bridgehead atoms. The Morgan fingerprint density at radius 1 is 0.867 bits per heavy atom. The third-order valence-corrected chi connectivity index (χ3v) is 8.38. The van der Waals surface area contributed by atoms with E-state index in [1.165, 1.54) is 10.8 Å². The first-order valence-electron chi connectivity index (χ1n) is 15.0. The minimum atomic E-state index is -0.400. The SMILES string of the molecule is C=C(C1=NNC(c2ccc(-c3ccc(C4=NN=C(c5cccc6ccccc56)C4)c(N)c3)cc2C)O1)c1ccccc1/C=C\C. The summed E-state index contributed by atoms with van der Waals surface area (Å²) in [5, 5.41) is 15.9. The molecule has 1 unspecified atom stereocenters. The number of fused-ring (bicyclic) bond motifs is 1. The summed E-state index contributed by atoms with van der Waals surface area (Å²) in [4.78, 5) is 0. The Morgan fingerprint density at radius 3 is 2.42 bits per heavy atom.